The quantitative estimate of drug-likeness (QED) is 0.111. The Morgan fingerprint density at radius 3 is 2.26 bits per heavy atom. The van der Waals surface area contributed by atoms with E-state index in [4.69, 9.17) is 14.2 Å². The molecule has 0 radical (unpaired) electrons. The van der Waals surface area contributed by atoms with Crippen LogP contribution < -0.4 is 24.8 Å². The van der Waals surface area contributed by atoms with E-state index in [0.717, 1.165) is 27.9 Å². The molecule has 0 saturated carbocycles. The predicted molar refractivity (Wildman–Crippen MR) is 228 cm³/mol. The second kappa shape index (κ2) is 19.5. The molecule has 2 N–H and O–H groups in total. The normalized spacial score (nSPS) is 17.0. The minimum absolute atomic E-state index is 0.0261. The molecular formula is C44H52N6O10S. The first-order chi connectivity index (χ1) is 29.2. The smallest absolute Gasteiger partial charge is 0.266 e. The molecule has 0 spiro atoms. The number of carbonyl (C=O) groups is 7. The molecule has 1 unspecified atom stereocenters. The number of hydrogen-bond acceptors (Lipinski definition) is 13. The Bertz CT molecular complexity index is 2220. The highest BCUT2D eigenvalue weighted by atomic mass is 32.1. The van der Waals surface area contributed by atoms with Crippen LogP contribution in [0.15, 0.2) is 42.6 Å². The monoisotopic (exact) mass is 856 g/mol. The van der Waals surface area contributed by atoms with E-state index in [9.17, 15) is 33.6 Å². The Balaban J connectivity index is 1.00. The second-order valence-corrected chi connectivity index (χ2v) is 16.7. The Hall–Kier alpha value is -6.07. The van der Waals surface area contributed by atoms with Crippen LogP contribution in [0.3, 0.4) is 0 Å². The van der Waals surface area contributed by atoms with Crippen LogP contribution in [0.1, 0.15) is 92.0 Å². The first kappa shape index (κ1) is 44.5. The molecule has 2 aromatic carbocycles. The van der Waals surface area contributed by atoms with E-state index in [2.05, 4.69) is 10.6 Å². The van der Waals surface area contributed by atoms with Gasteiger partial charge in [0.25, 0.3) is 11.8 Å². The minimum atomic E-state index is -1.07. The van der Waals surface area contributed by atoms with Crippen molar-refractivity contribution in [1.82, 2.24) is 24.9 Å². The van der Waals surface area contributed by atoms with E-state index in [0.29, 0.717) is 72.3 Å². The number of rotatable bonds is 17. The van der Waals surface area contributed by atoms with Crippen molar-refractivity contribution in [1.29, 1.82) is 0 Å². The molecule has 6 rings (SSSR count). The van der Waals surface area contributed by atoms with Crippen LogP contribution in [0.5, 0.6) is 17.2 Å². The van der Waals surface area contributed by atoms with E-state index in [1.54, 1.807) is 37.3 Å². The van der Waals surface area contributed by atoms with Gasteiger partial charge in [-0.2, -0.15) is 0 Å². The fourth-order valence-corrected chi connectivity index (χ4v) is 8.90. The highest BCUT2D eigenvalue weighted by molar-refractivity contribution is 7.17. The maximum absolute atomic E-state index is 13.5. The van der Waals surface area contributed by atoms with Gasteiger partial charge in [-0.3, -0.25) is 43.8 Å². The minimum Gasteiger partial charge on any atom is -0.496 e. The van der Waals surface area contributed by atoms with Crippen molar-refractivity contribution in [3.8, 4) is 17.2 Å². The molecule has 1 atom stereocenters. The van der Waals surface area contributed by atoms with Gasteiger partial charge >= 0.3 is 0 Å². The highest BCUT2D eigenvalue weighted by Crippen LogP contribution is 2.41. The van der Waals surface area contributed by atoms with Crippen LogP contribution in [0.2, 0.25) is 0 Å². The van der Waals surface area contributed by atoms with Gasteiger partial charge in [0.15, 0.2) is 6.29 Å². The van der Waals surface area contributed by atoms with Crippen molar-refractivity contribution in [3.05, 3.63) is 75.3 Å². The summed E-state index contributed by atoms with van der Waals surface area (Å²) in [7, 11) is 10.9. The van der Waals surface area contributed by atoms with Crippen molar-refractivity contribution in [2.24, 2.45) is 5.92 Å². The van der Waals surface area contributed by atoms with Crippen LogP contribution in [0.4, 0.5) is 5.00 Å². The summed E-state index contributed by atoms with van der Waals surface area (Å²) in [4.78, 5) is 96.8. The summed E-state index contributed by atoms with van der Waals surface area (Å²) in [5, 5.41) is 5.76. The molecule has 2 fully saturated rings. The van der Waals surface area contributed by atoms with Gasteiger partial charge in [-0.1, -0.05) is 6.07 Å². The first-order valence-electron chi connectivity index (χ1n) is 20.2. The molecule has 6 amide bonds. The van der Waals surface area contributed by atoms with E-state index in [1.165, 1.54) is 17.4 Å². The lowest BCUT2D eigenvalue weighted by Gasteiger charge is -2.31. The molecule has 0 aliphatic carbocycles. The zero-order valence-electron chi connectivity index (χ0n) is 35.3. The topological polar surface area (TPSA) is 184 Å². The molecule has 3 aromatic rings. The van der Waals surface area contributed by atoms with Gasteiger partial charge in [0, 0.05) is 74.7 Å². The Morgan fingerprint density at radius 1 is 0.934 bits per heavy atom. The van der Waals surface area contributed by atoms with Crippen LogP contribution in [0.25, 0.3) is 5.57 Å². The van der Waals surface area contributed by atoms with E-state index >= 15 is 0 Å². The molecule has 324 valence electrons. The number of imide groups is 2. The largest absolute Gasteiger partial charge is 0.496 e. The third-order valence-electron chi connectivity index (χ3n) is 10.9. The number of fused-ring (bicyclic) bond motifs is 1. The number of unbranched alkanes of at least 4 members (excludes halogenated alkanes) is 1. The number of piperidine rings is 2. The number of carbonyl (C=O) groups excluding carboxylic acids is 7. The maximum atomic E-state index is 13.5. The van der Waals surface area contributed by atoms with Gasteiger partial charge in [-0.15, -0.1) is 11.3 Å². The average Bonchev–Trinajstić information content (AvgIpc) is 3.76. The first-order valence-corrected chi connectivity index (χ1v) is 21.0. The SMILES string of the molecule is COc1cc(/C(=C/N(C)C)c2sc(NC(=O)C3CCN(C(=O)CCCCOc4cccc5c4C(=O)N(C4CCC(=O)NC4=O)C5=O)CC3)cc2C=O)cc(OC)c1CN(C)C. The summed E-state index contributed by atoms with van der Waals surface area (Å²) in [5.74, 6) is -1.37. The number of hydrogen-bond donors (Lipinski definition) is 2. The zero-order chi connectivity index (χ0) is 44.0. The molecule has 17 heteroatoms. The second-order valence-electron chi connectivity index (χ2n) is 15.7. The fourth-order valence-electron chi connectivity index (χ4n) is 7.84. The third kappa shape index (κ3) is 9.94. The Kier molecular flexibility index (Phi) is 14.2. The summed E-state index contributed by atoms with van der Waals surface area (Å²) >= 11 is 1.31. The van der Waals surface area contributed by atoms with Crippen LogP contribution in [-0.4, -0.2) is 129 Å². The molecule has 2 saturated heterocycles. The van der Waals surface area contributed by atoms with Gasteiger partial charge < -0.3 is 34.2 Å². The molecule has 0 bridgehead atoms. The van der Waals surface area contributed by atoms with Crippen molar-refractivity contribution in [2.75, 3.05) is 67.4 Å². The number of likely N-dealkylation sites (tertiary alicyclic amines) is 1. The average molecular weight is 857 g/mol. The zero-order valence-corrected chi connectivity index (χ0v) is 36.1. The number of nitrogens with zero attached hydrogens (tertiary/aromatic N) is 4. The third-order valence-corrected chi connectivity index (χ3v) is 11.9. The van der Waals surface area contributed by atoms with Crippen LogP contribution >= 0.6 is 11.3 Å². The Labute approximate surface area is 358 Å². The number of nitrogens with one attached hydrogen (secondary N) is 2. The van der Waals surface area contributed by atoms with Gasteiger partial charge in [-0.05, 0) is 82.1 Å². The lowest BCUT2D eigenvalue weighted by Crippen LogP contribution is -2.54. The number of ether oxygens (including phenoxy) is 3. The number of aldehydes is 1. The number of amides is 6. The molecular weight excluding hydrogens is 805 g/mol. The molecule has 1 aromatic heterocycles. The van der Waals surface area contributed by atoms with Gasteiger partial charge in [0.1, 0.15) is 23.3 Å². The number of thiophene rings is 1. The molecule has 3 aliphatic rings. The van der Waals surface area contributed by atoms with Gasteiger partial charge in [-0.25, -0.2) is 0 Å². The summed E-state index contributed by atoms with van der Waals surface area (Å²) in [6.07, 6.45) is 5.08. The van der Waals surface area contributed by atoms with Crippen molar-refractivity contribution < 1.29 is 47.8 Å². The van der Waals surface area contributed by atoms with Crippen LogP contribution in [-0.2, 0) is 25.7 Å². The standard InChI is InChI=1S/C44H52N6O10S/c1-47(2)23-30(27-20-34(58-5)31(24-48(3)4)35(21-27)59-6)40-28(25-51)22-37(61-40)46-41(54)26-15-17-49(18-16-26)38(53)12-7-8-19-60-33-11-9-10-29-39(33)44(57)50(43(29)56)32-13-14-36(52)45-42(32)55/h9-11,20-23,25-26,32H,7-8,12-19,24H2,1-6H3,(H,46,54)(H,45,52,55)/b30-23-. The van der Waals surface area contributed by atoms with Crippen molar-refractivity contribution in [3.63, 3.8) is 0 Å². The summed E-state index contributed by atoms with van der Waals surface area (Å²) < 4.78 is 17.5. The van der Waals surface area contributed by atoms with E-state index in [-0.39, 0.29) is 60.5 Å². The molecule has 61 heavy (non-hydrogen) atoms. The summed E-state index contributed by atoms with van der Waals surface area (Å²) in [5.41, 5.74) is 3.09. The maximum Gasteiger partial charge on any atom is 0.266 e. The van der Waals surface area contributed by atoms with Crippen molar-refractivity contribution >= 4 is 63.6 Å². The summed E-state index contributed by atoms with van der Waals surface area (Å²) in [6, 6.07) is 9.16. The van der Waals surface area contributed by atoms with E-state index < -0.39 is 29.7 Å². The fraction of sp³-hybridized carbons (Fsp3) is 0.432. The molecule has 4 heterocycles. The summed E-state index contributed by atoms with van der Waals surface area (Å²) in [6.45, 7) is 1.66. The lowest BCUT2D eigenvalue weighted by atomic mass is 9.95. The van der Waals surface area contributed by atoms with Gasteiger partial charge in [0.2, 0.25) is 23.6 Å². The van der Waals surface area contributed by atoms with Crippen LogP contribution in [0, 0.1) is 5.92 Å². The highest BCUT2D eigenvalue weighted by Gasteiger charge is 2.46. The van der Waals surface area contributed by atoms with E-state index in [1.807, 2.05) is 56.3 Å². The number of benzene rings is 2. The number of anilines is 1. The molecule has 16 nitrogen and oxygen atoms in total. The lowest BCUT2D eigenvalue weighted by molar-refractivity contribution is -0.136. The predicted octanol–water partition coefficient (Wildman–Crippen LogP) is 4.42. The Morgan fingerprint density at radius 2 is 1.64 bits per heavy atom. The molecule has 3 aliphatic heterocycles. The number of methoxy groups -OCH3 is 2. The van der Waals surface area contributed by atoms with Crippen molar-refractivity contribution in [2.45, 2.75) is 57.5 Å². The van der Waals surface area contributed by atoms with Gasteiger partial charge in [0.05, 0.1) is 42.5 Å².